The number of phenolic OH excluding ortho intramolecular Hbond substituents is 1. The van der Waals surface area contributed by atoms with Gasteiger partial charge in [0.05, 0.1) is 22.2 Å². The van der Waals surface area contributed by atoms with Crippen LogP contribution in [0.1, 0.15) is 5.56 Å². The van der Waals surface area contributed by atoms with Gasteiger partial charge < -0.3 is 10.8 Å². The lowest BCUT2D eigenvalue weighted by Gasteiger charge is -2.06. The zero-order valence-electron chi connectivity index (χ0n) is 9.31. The van der Waals surface area contributed by atoms with Gasteiger partial charge in [0.15, 0.2) is 0 Å². The molecule has 0 radical (unpaired) electrons. The van der Waals surface area contributed by atoms with Crippen LogP contribution in [0.2, 0.25) is 0 Å². The summed E-state index contributed by atoms with van der Waals surface area (Å²) in [5, 5.41) is 9.43. The molecule has 0 bridgehead atoms. The van der Waals surface area contributed by atoms with Gasteiger partial charge in [0, 0.05) is 6.07 Å². The molecular formula is C13H11N3O. The Balaban J connectivity index is 2.48. The smallest absolute Gasteiger partial charge is 0.117 e. The predicted octanol–water partition coefficient (Wildman–Crippen LogP) is 2.38. The maximum absolute atomic E-state index is 9.43. The van der Waals surface area contributed by atoms with Crippen molar-refractivity contribution in [1.29, 1.82) is 0 Å². The number of phenols is 1. The number of aromatic nitrogens is 2. The monoisotopic (exact) mass is 225 g/mol. The van der Waals surface area contributed by atoms with Crippen molar-refractivity contribution < 1.29 is 5.11 Å². The van der Waals surface area contributed by atoms with Crippen molar-refractivity contribution in [2.45, 2.75) is 6.92 Å². The molecule has 0 unspecified atom stereocenters. The zero-order chi connectivity index (χ0) is 12.0. The number of anilines is 1. The van der Waals surface area contributed by atoms with Gasteiger partial charge in [-0.3, -0.25) is 0 Å². The second-order valence-electron chi connectivity index (χ2n) is 4.06. The van der Waals surface area contributed by atoms with E-state index in [1.807, 2.05) is 19.1 Å². The van der Waals surface area contributed by atoms with Crippen molar-refractivity contribution in [2.24, 2.45) is 0 Å². The number of nitrogens with two attached hydrogens (primary N) is 1. The molecule has 0 aliphatic rings. The van der Waals surface area contributed by atoms with Crippen molar-refractivity contribution in [3.63, 3.8) is 0 Å². The van der Waals surface area contributed by atoms with Gasteiger partial charge in [-0.05, 0) is 30.7 Å². The zero-order valence-corrected chi connectivity index (χ0v) is 9.31. The third-order valence-electron chi connectivity index (χ3n) is 2.85. The van der Waals surface area contributed by atoms with Crippen LogP contribution in [0.15, 0.2) is 30.3 Å². The number of fused-ring (bicyclic) bond motifs is 2. The van der Waals surface area contributed by atoms with Crippen LogP contribution in [0, 0.1) is 6.92 Å². The minimum Gasteiger partial charge on any atom is -0.508 e. The Morgan fingerprint density at radius 2 is 1.76 bits per heavy atom. The second-order valence-corrected chi connectivity index (χ2v) is 4.06. The topological polar surface area (TPSA) is 72.0 Å². The van der Waals surface area contributed by atoms with Crippen molar-refractivity contribution in [3.05, 3.63) is 35.9 Å². The molecule has 2 aromatic carbocycles. The normalized spacial score (nSPS) is 11.1. The molecule has 0 atom stereocenters. The molecule has 0 aliphatic carbocycles. The minimum absolute atomic E-state index is 0.178. The van der Waals surface area contributed by atoms with Crippen molar-refractivity contribution in [3.8, 4) is 5.75 Å². The summed E-state index contributed by atoms with van der Waals surface area (Å²) < 4.78 is 0. The molecule has 3 rings (SSSR count). The van der Waals surface area contributed by atoms with E-state index < -0.39 is 0 Å². The largest absolute Gasteiger partial charge is 0.508 e. The first-order chi connectivity index (χ1) is 8.15. The van der Waals surface area contributed by atoms with Gasteiger partial charge in [0.1, 0.15) is 11.3 Å². The van der Waals surface area contributed by atoms with Crippen LogP contribution in [0.5, 0.6) is 5.75 Å². The first-order valence-electron chi connectivity index (χ1n) is 5.31. The molecule has 0 amide bonds. The highest BCUT2D eigenvalue weighted by molar-refractivity contribution is 5.94. The molecule has 1 aromatic heterocycles. The fourth-order valence-corrected chi connectivity index (χ4v) is 1.85. The molecule has 0 saturated carbocycles. The SMILES string of the molecule is Cc1ccc2nc3ccc(O)cc3nc2c1N. The highest BCUT2D eigenvalue weighted by Gasteiger charge is 2.06. The Morgan fingerprint density at radius 3 is 2.59 bits per heavy atom. The van der Waals surface area contributed by atoms with E-state index in [9.17, 15) is 5.11 Å². The Morgan fingerprint density at radius 1 is 1.00 bits per heavy atom. The maximum atomic E-state index is 9.43. The minimum atomic E-state index is 0.178. The van der Waals surface area contributed by atoms with E-state index in [1.165, 1.54) is 0 Å². The number of hydrogen-bond donors (Lipinski definition) is 2. The number of rotatable bonds is 0. The summed E-state index contributed by atoms with van der Waals surface area (Å²) in [5.41, 5.74) is 10.4. The average molecular weight is 225 g/mol. The van der Waals surface area contributed by atoms with E-state index in [1.54, 1.807) is 18.2 Å². The molecule has 3 aromatic rings. The number of aromatic hydroxyl groups is 1. The Kier molecular flexibility index (Phi) is 1.92. The molecule has 17 heavy (non-hydrogen) atoms. The Bertz CT molecular complexity index is 737. The van der Waals surface area contributed by atoms with Gasteiger partial charge in [-0.1, -0.05) is 6.07 Å². The van der Waals surface area contributed by atoms with E-state index in [0.717, 1.165) is 16.6 Å². The van der Waals surface area contributed by atoms with Gasteiger partial charge in [-0.15, -0.1) is 0 Å². The molecule has 4 heteroatoms. The molecule has 0 fully saturated rings. The number of nitrogens with zero attached hydrogens (tertiary/aromatic N) is 2. The first-order valence-corrected chi connectivity index (χ1v) is 5.31. The fourth-order valence-electron chi connectivity index (χ4n) is 1.85. The molecular weight excluding hydrogens is 214 g/mol. The van der Waals surface area contributed by atoms with Gasteiger partial charge in [0.25, 0.3) is 0 Å². The molecule has 0 spiro atoms. The summed E-state index contributed by atoms with van der Waals surface area (Å²) in [6.07, 6.45) is 0. The van der Waals surface area contributed by atoms with Crippen molar-refractivity contribution >= 4 is 27.8 Å². The lowest BCUT2D eigenvalue weighted by molar-refractivity contribution is 0.476. The summed E-state index contributed by atoms with van der Waals surface area (Å²) in [4.78, 5) is 8.92. The quantitative estimate of drug-likeness (QED) is 0.455. The van der Waals surface area contributed by atoms with Gasteiger partial charge in [-0.25, -0.2) is 9.97 Å². The van der Waals surface area contributed by atoms with E-state index in [0.29, 0.717) is 16.7 Å². The predicted molar refractivity (Wildman–Crippen MR) is 67.9 cm³/mol. The van der Waals surface area contributed by atoms with Crippen LogP contribution in [0.3, 0.4) is 0 Å². The highest BCUT2D eigenvalue weighted by atomic mass is 16.3. The summed E-state index contributed by atoms with van der Waals surface area (Å²) >= 11 is 0. The summed E-state index contributed by atoms with van der Waals surface area (Å²) in [5.74, 6) is 0.178. The average Bonchev–Trinajstić information content (AvgIpc) is 2.32. The third kappa shape index (κ3) is 1.45. The standard InChI is InChI=1S/C13H11N3O/c1-7-2-4-10-13(12(7)14)16-11-6-8(17)3-5-9(11)15-10/h2-6,17H,14H2,1H3. The summed E-state index contributed by atoms with van der Waals surface area (Å²) in [6, 6.07) is 8.76. The number of benzene rings is 2. The number of hydrogen-bond acceptors (Lipinski definition) is 4. The molecule has 1 heterocycles. The molecule has 0 saturated heterocycles. The third-order valence-corrected chi connectivity index (χ3v) is 2.85. The van der Waals surface area contributed by atoms with Crippen LogP contribution in [-0.2, 0) is 0 Å². The summed E-state index contributed by atoms with van der Waals surface area (Å²) in [6.45, 7) is 1.93. The molecule has 3 N–H and O–H groups in total. The highest BCUT2D eigenvalue weighted by Crippen LogP contribution is 2.25. The van der Waals surface area contributed by atoms with E-state index in [4.69, 9.17) is 5.73 Å². The summed E-state index contributed by atoms with van der Waals surface area (Å²) in [7, 11) is 0. The first kappa shape index (κ1) is 9.84. The fraction of sp³-hybridized carbons (Fsp3) is 0.0769. The number of aryl methyl sites for hydroxylation is 1. The molecule has 0 aliphatic heterocycles. The van der Waals surface area contributed by atoms with Crippen molar-refractivity contribution in [1.82, 2.24) is 9.97 Å². The van der Waals surface area contributed by atoms with Crippen LogP contribution in [-0.4, -0.2) is 15.1 Å². The second kappa shape index (κ2) is 3.31. The number of nitrogen functional groups attached to an aromatic ring is 1. The van der Waals surface area contributed by atoms with Gasteiger partial charge in [0.2, 0.25) is 0 Å². The molecule has 84 valence electrons. The maximum Gasteiger partial charge on any atom is 0.117 e. The van der Waals surface area contributed by atoms with E-state index >= 15 is 0 Å². The molecule has 4 nitrogen and oxygen atoms in total. The van der Waals surface area contributed by atoms with Gasteiger partial charge in [-0.2, -0.15) is 0 Å². The van der Waals surface area contributed by atoms with E-state index in [2.05, 4.69) is 9.97 Å². The van der Waals surface area contributed by atoms with Crippen LogP contribution in [0.4, 0.5) is 5.69 Å². The van der Waals surface area contributed by atoms with Crippen LogP contribution >= 0.6 is 0 Å². The lowest BCUT2D eigenvalue weighted by atomic mass is 10.1. The Hall–Kier alpha value is -2.36. The van der Waals surface area contributed by atoms with Crippen molar-refractivity contribution in [2.75, 3.05) is 5.73 Å². The van der Waals surface area contributed by atoms with Crippen LogP contribution in [0.25, 0.3) is 22.1 Å². The Labute approximate surface area is 97.7 Å². The van der Waals surface area contributed by atoms with E-state index in [-0.39, 0.29) is 5.75 Å². The van der Waals surface area contributed by atoms with Gasteiger partial charge >= 0.3 is 0 Å². The van der Waals surface area contributed by atoms with Crippen LogP contribution < -0.4 is 5.73 Å². The lowest BCUT2D eigenvalue weighted by Crippen LogP contribution is -1.95.